The molecule has 6 nitrogen and oxygen atoms in total. The van der Waals surface area contributed by atoms with Gasteiger partial charge >= 0.3 is 0 Å². The Morgan fingerprint density at radius 2 is 2.05 bits per heavy atom. The Hall–Kier alpha value is -1.43. The molecule has 2 N–H and O–H groups in total. The molecule has 1 amide bonds. The Morgan fingerprint density at radius 3 is 2.57 bits per heavy atom. The number of nitrogens with zero attached hydrogens (tertiary/aromatic N) is 2. The summed E-state index contributed by atoms with van der Waals surface area (Å²) in [6, 6.07) is 0. The molecule has 6 heteroatoms. The number of hydrogen-bond donors (Lipinski definition) is 2. The molecule has 21 heavy (non-hydrogen) atoms. The van der Waals surface area contributed by atoms with E-state index in [-0.39, 0.29) is 23.3 Å². The summed E-state index contributed by atoms with van der Waals surface area (Å²) in [5.74, 6) is 1.34. The molecule has 0 spiro atoms. The van der Waals surface area contributed by atoms with E-state index in [0.717, 1.165) is 0 Å². The van der Waals surface area contributed by atoms with E-state index < -0.39 is 0 Å². The van der Waals surface area contributed by atoms with Crippen LogP contribution in [-0.4, -0.2) is 33.8 Å². The minimum atomic E-state index is -0.371. The predicted molar refractivity (Wildman–Crippen MR) is 79.8 cm³/mol. The first-order valence-electron chi connectivity index (χ1n) is 7.47. The van der Waals surface area contributed by atoms with Gasteiger partial charge in [0.25, 0.3) is 0 Å². The highest BCUT2D eigenvalue weighted by Gasteiger charge is 2.21. The van der Waals surface area contributed by atoms with Crippen molar-refractivity contribution < 1.29 is 14.4 Å². The van der Waals surface area contributed by atoms with Crippen molar-refractivity contribution in [2.24, 2.45) is 5.41 Å². The largest absolute Gasteiger partial charge is 0.393 e. The highest BCUT2D eigenvalue weighted by atomic mass is 16.5. The third-order valence-electron chi connectivity index (χ3n) is 3.18. The fourth-order valence-electron chi connectivity index (χ4n) is 2.12. The van der Waals surface area contributed by atoms with Crippen molar-refractivity contribution in [1.29, 1.82) is 0 Å². The summed E-state index contributed by atoms with van der Waals surface area (Å²) in [6.45, 7) is 10.3. The summed E-state index contributed by atoms with van der Waals surface area (Å²) < 4.78 is 5.10. The highest BCUT2D eigenvalue weighted by Crippen LogP contribution is 2.21. The summed E-state index contributed by atoms with van der Waals surface area (Å²) in [6.07, 6.45) is 1.05. The molecular formula is C15H27N3O3. The number of carbonyl (C=O) groups excluding carboxylic acids is 1. The Labute approximate surface area is 126 Å². The topological polar surface area (TPSA) is 88.2 Å². The molecule has 1 heterocycles. The van der Waals surface area contributed by atoms with Gasteiger partial charge in [-0.1, -0.05) is 32.9 Å². The molecule has 1 unspecified atom stereocenters. The van der Waals surface area contributed by atoms with E-state index >= 15 is 0 Å². The van der Waals surface area contributed by atoms with E-state index in [1.54, 1.807) is 6.92 Å². The van der Waals surface area contributed by atoms with Gasteiger partial charge in [-0.2, -0.15) is 4.98 Å². The van der Waals surface area contributed by atoms with Gasteiger partial charge in [0.2, 0.25) is 11.8 Å². The zero-order chi connectivity index (χ0) is 16.0. The lowest BCUT2D eigenvalue weighted by Gasteiger charge is -2.26. The quantitative estimate of drug-likeness (QED) is 0.766. The van der Waals surface area contributed by atoms with Crippen LogP contribution < -0.4 is 5.32 Å². The number of aliphatic hydroxyl groups excluding tert-OH is 1. The van der Waals surface area contributed by atoms with Crippen molar-refractivity contribution in [3.8, 4) is 0 Å². The Kier molecular flexibility index (Phi) is 6.33. The van der Waals surface area contributed by atoms with Crippen molar-refractivity contribution in [2.45, 2.75) is 65.9 Å². The lowest BCUT2D eigenvalue weighted by molar-refractivity contribution is -0.121. The number of amides is 1. The molecule has 1 aromatic heterocycles. The molecule has 0 radical (unpaired) electrons. The van der Waals surface area contributed by atoms with Crippen LogP contribution in [0.3, 0.4) is 0 Å². The standard InChI is InChI=1S/C15H27N3O3/c1-10(2)14-17-13(21-18-14)7-6-12(20)16-9-15(4,5)8-11(3)19/h10-11,19H,6-9H2,1-5H3,(H,16,20). The first-order valence-corrected chi connectivity index (χ1v) is 7.47. The van der Waals surface area contributed by atoms with Crippen LogP contribution in [0.1, 0.15) is 65.1 Å². The fourth-order valence-corrected chi connectivity index (χ4v) is 2.12. The Bertz CT molecular complexity index is 453. The molecule has 1 rings (SSSR count). The van der Waals surface area contributed by atoms with Crippen LogP contribution in [0.15, 0.2) is 4.52 Å². The van der Waals surface area contributed by atoms with Crippen LogP contribution >= 0.6 is 0 Å². The average Bonchev–Trinajstić information content (AvgIpc) is 2.81. The maximum atomic E-state index is 11.8. The van der Waals surface area contributed by atoms with E-state index in [9.17, 15) is 9.90 Å². The maximum absolute atomic E-state index is 11.8. The van der Waals surface area contributed by atoms with Gasteiger partial charge in [0.1, 0.15) is 0 Å². The summed E-state index contributed by atoms with van der Waals surface area (Å²) in [5.41, 5.74) is -0.126. The molecule has 0 aliphatic rings. The molecule has 1 aromatic rings. The number of rotatable bonds is 8. The van der Waals surface area contributed by atoms with Gasteiger partial charge in [-0.15, -0.1) is 0 Å². The van der Waals surface area contributed by atoms with Gasteiger partial charge in [-0.25, -0.2) is 0 Å². The molecule has 0 saturated heterocycles. The number of carbonyl (C=O) groups is 1. The summed E-state index contributed by atoms with van der Waals surface area (Å²) in [4.78, 5) is 16.1. The second-order valence-electron chi connectivity index (χ2n) is 6.70. The van der Waals surface area contributed by atoms with Crippen LogP contribution in [0, 0.1) is 5.41 Å². The van der Waals surface area contributed by atoms with Gasteiger partial charge in [0.15, 0.2) is 5.82 Å². The van der Waals surface area contributed by atoms with Crippen LogP contribution in [0.25, 0.3) is 0 Å². The van der Waals surface area contributed by atoms with Crippen molar-refractivity contribution >= 4 is 5.91 Å². The lowest BCUT2D eigenvalue weighted by Crippen LogP contribution is -2.35. The maximum Gasteiger partial charge on any atom is 0.227 e. The smallest absolute Gasteiger partial charge is 0.227 e. The normalized spacial score (nSPS) is 13.5. The van der Waals surface area contributed by atoms with Crippen molar-refractivity contribution in [3.63, 3.8) is 0 Å². The van der Waals surface area contributed by atoms with Gasteiger partial charge < -0.3 is 14.9 Å². The molecule has 0 aliphatic heterocycles. The molecule has 120 valence electrons. The lowest BCUT2D eigenvalue weighted by atomic mass is 9.87. The number of hydrogen-bond acceptors (Lipinski definition) is 5. The van der Waals surface area contributed by atoms with Crippen LogP contribution in [0.2, 0.25) is 0 Å². The molecule has 0 aromatic carbocycles. The predicted octanol–water partition coefficient (Wildman–Crippen LogP) is 2.04. The van der Waals surface area contributed by atoms with Gasteiger partial charge in [0, 0.05) is 25.3 Å². The molecule has 0 aliphatic carbocycles. The van der Waals surface area contributed by atoms with Gasteiger partial charge in [-0.3, -0.25) is 4.79 Å². The monoisotopic (exact) mass is 297 g/mol. The van der Waals surface area contributed by atoms with Crippen LogP contribution in [0.4, 0.5) is 0 Å². The number of aliphatic hydroxyl groups is 1. The average molecular weight is 297 g/mol. The summed E-state index contributed by atoms with van der Waals surface area (Å²) >= 11 is 0. The number of aryl methyl sites for hydroxylation is 1. The van der Waals surface area contributed by atoms with Crippen LogP contribution in [-0.2, 0) is 11.2 Å². The highest BCUT2D eigenvalue weighted by molar-refractivity contribution is 5.76. The second kappa shape index (κ2) is 7.54. The van der Waals surface area contributed by atoms with Crippen molar-refractivity contribution in [2.75, 3.05) is 6.54 Å². The summed E-state index contributed by atoms with van der Waals surface area (Å²) in [5, 5.41) is 16.2. The third-order valence-corrected chi connectivity index (χ3v) is 3.18. The number of nitrogens with one attached hydrogen (secondary N) is 1. The van der Waals surface area contributed by atoms with Crippen molar-refractivity contribution in [3.05, 3.63) is 11.7 Å². The minimum absolute atomic E-state index is 0.0436. The SMILES string of the molecule is CC(O)CC(C)(C)CNC(=O)CCc1nc(C(C)C)no1. The Balaban J connectivity index is 2.33. The molecule has 0 fully saturated rings. The Morgan fingerprint density at radius 1 is 1.38 bits per heavy atom. The molecule has 1 atom stereocenters. The van der Waals surface area contributed by atoms with Gasteiger partial charge in [-0.05, 0) is 18.8 Å². The number of aromatic nitrogens is 2. The first-order chi connectivity index (χ1) is 9.69. The molecular weight excluding hydrogens is 270 g/mol. The van der Waals surface area contributed by atoms with E-state index in [0.29, 0.717) is 37.5 Å². The van der Waals surface area contributed by atoms with Crippen LogP contribution in [0.5, 0.6) is 0 Å². The van der Waals surface area contributed by atoms with E-state index in [4.69, 9.17) is 4.52 Å². The van der Waals surface area contributed by atoms with E-state index in [1.165, 1.54) is 0 Å². The zero-order valence-electron chi connectivity index (χ0n) is 13.6. The fraction of sp³-hybridized carbons (Fsp3) is 0.800. The third kappa shape index (κ3) is 6.71. The second-order valence-corrected chi connectivity index (χ2v) is 6.70. The molecule has 0 bridgehead atoms. The zero-order valence-corrected chi connectivity index (χ0v) is 13.6. The minimum Gasteiger partial charge on any atom is -0.393 e. The van der Waals surface area contributed by atoms with E-state index in [1.807, 2.05) is 27.7 Å². The summed E-state index contributed by atoms with van der Waals surface area (Å²) in [7, 11) is 0. The molecule has 0 saturated carbocycles. The van der Waals surface area contributed by atoms with E-state index in [2.05, 4.69) is 15.5 Å². The first kappa shape index (κ1) is 17.6. The van der Waals surface area contributed by atoms with Gasteiger partial charge in [0.05, 0.1) is 6.10 Å². The van der Waals surface area contributed by atoms with Crippen molar-refractivity contribution in [1.82, 2.24) is 15.5 Å².